The largest absolute Gasteiger partial charge is 0.356 e. The molecular formula is C19H23N7O. The van der Waals surface area contributed by atoms with Crippen LogP contribution in [-0.4, -0.2) is 50.3 Å². The van der Waals surface area contributed by atoms with E-state index in [0.29, 0.717) is 18.7 Å². The highest BCUT2D eigenvalue weighted by molar-refractivity contribution is 5.93. The number of nitrogens with one attached hydrogen (secondary N) is 1. The highest BCUT2D eigenvalue weighted by Crippen LogP contribution is 2.24. The maximum absolute atomic E-state index is 12.1. The normalized spacial score (nSPS) is 14.9. The molecule has 3 aromatic rings. The Hall–Kier alpha value is -3.03. The summed E-state index contributed by atoms with van der Waals surface area (Å²) in [7, 11) is 0. The smallest absolute Gasteiger partial charge is 0.252 e. The second-order valence-corrected chi connectivity index (χ2v) is 6.70. The molecule has 0 saturated carbocycles. The van der Waals surface area contributed by atoms with E-state index in [1.807, 2.05) is 10.9 Å². The standard InChI is InChI=1S/C19H23N7O/c27-19(15-6-5-7-20-12-15)21-8-11-26-18-16(13-24-26)17(22-14-23-18)25-9-3-1-2-4-10-25/h5-7,12-14H,1-4,8-11H2,(H,21,27). The van der Waals surface area contributed by atoms with Crippen molar-refractivity contribution in [2.24, 2.45) is 0 Å². The number of nitrogens with zero attached hydrogens (tertiary/aromatic N) is 6. The first kappa shape index (κ1) is 17.4. The number of pyridine rings is 1. The van der Waals surface area contributed by atoms with Crippen LogP contribution in [0.5, 0.6) is 0 Å². The van der Waals surface area contributed by atoms with Gasteiger partial charge in [0.15, 0.2) is 5.65 Å². The van der Waals surface area contributed by atoms with Gasteiger partial charge in [0.1, 0.15) is 12.1 Å². The number of hydrogen-bond acceptors (Lipinski definition) is 6. The van der Waals surface area contributed by atoms with Crippen molar-refractivity contribution in [3.8, 4) is 0 Å². The number of rotatable bonds is 5. The number of fused-ring (bicyclic) bond motifs is 1. The molecule has 4 rings (SSSR count). The van der Waals surface area contributed by atoms with Crippen LogP contribution in [0.4, 0.5) is 5.82 Å². The Morgan fingerprint density at radius 2 is 1.96 bits per heavy atom. The summed E-state index contributed by atoms with van der Waals surface area (Å²) >= 11 is 0. The molecule has 0 bridgehead atoms. The van der Waals surface area contributed by atoms with Gasteiger partial charge in [0.25, 0.3) is 5.91 Å². The molecule has 3 aromatic heterocycles. The van der Waals surface area contributed by atoms with Crippen LogP contribution in [0.25, 0.3) is 11.0 Å². The van der Waals surface area contributed by atoms with Crippen molar-refractivity contribution in [1.29, 1.82) is 0 Å². The second kappa shape index (κ2) is 8.11. The molecule has 8 nitrogen and oxygen atoms in total. The van der Waals surface area contributed by atoms with Crippen LogP contribution < -0.4 is 10.2 Å². The maximum atomic E-state index is 12.1. The van der Waals surface area contributed by atoms with Crippen molar-refractivity contribution in [1.82, 2.24) is 30.0 Å². The molecule has 4 heterocycles. The molecule has 0 aromatic carbocycles. The lowest BCUT2D eigenvalue weighted by Gasteiger charge is -2.21. The van der Waals surface area contributed by atoms with Crippen LogP contribution in [0, 0.1) is 0 Å². The van der Waals surface area contributed by atoms with Gasteiger partial charge in [-0.2, -0.15) is 5.10 Å². The van der Waals surface area contributed by atoms with Crippen LogP contribution in [0.2, 0.25) is 0 Å². The van der Waals surface area contributed by atoms with Gasteiger partial charge in [0.2, 0.25) is 0 Å². The summed E-state index contributed by atoms with van der Waals surface area (Å²) in [6, 6.07) is 3.49. The van der Waals surface area contributed by atoms with E-state index in [4.69, 9.17) is 0 Å². The number of carbonyl (C=O) groups is 1. The monoisotopic (exact) mass is 365 g/mol. The molecule has 140 valence electrons. The summed E-state index contributed by atoms with van der Waals surface area (Å²) in [5.74, 6) is 0.826. The summed E-state index contributed by atoms with van der Waals surface area (Å²) in [4.78, 5) is 27.4. The molecule has 27 heavy (non-hydrogen) atoms. The number of anilines is 1. The van der Waals surface area contributed by atoms with E-state index in [1.165, 1.54) is 25.7 Å². The molecule has 1 amide bonds. The summed E-state index contributed by atoms with van der Waals surface area (Å²) in [5.41, 5.74) is 1.36. The summed E-state index contributed by atoms with van der Waals surface area (Å²) in [6.07, 6.45) is 11.6. The van der Waals surface area contributed by atoms with E-state index < -0.39 is 0 Å². The van der Waals surface area contributed by atoms with Crippen molar-refractivity contribution < 1.29 is 4.79 Å². The van der Waals surface area contributed by atoms with E-state index in [2.05, 4.69) is 30.3 Å². The molecule has 1 saturated heterocycles. The third-order valence-electron chi connectivity index (χ3n) is 4.85. The lowest BCUT2D eigenvalue weighted by atomic mass is 10.2. The third kappa shape index (κ3) is 3.89. The zero-order valence-electron chi connectivity index (χ0n) is 15.2. The zero-order chi connectivity index (χ0) is 18.5. The average Bonchev–Trinajstić information content (AvgIpc) is 2.94. The molecule has 0 atom stereocenters. The Bertz CT molecular complexity index is 901. The van der Waals surface area contributed by atoms with E-state index in [1.54, 1.807) is 30.9 Å². The van der Waals surface area contributed by atoms with E-state index in [0.717, 1.165) is 29.9 Å². The van der Waals surface area contributed by atoms with Gasteiger partial charge < -0.3 is 10.2 Å². The van der Waals surface area contributed by atoms with E-state index in [-0.39, 0.29) is 5.91 Å². The first-order chi connectivity index (χ1) is 13.3. The number of amides is 1. The SMILES string of the molecule is O=C(NCCn1ncc2c(N3CCCCCC3)ncnc21)c1cccnc1. The molecule has 1 aliphatic heterocycles. The van der Waals surface area contributed by atoms with Crippen molar-refractivity contribution in [2.45, 2.75) is 32.2 Å². The van der Waals surface area contributed by atoms with Gasteiger partial charge in [-0.3, -0.25) is 9.78 Å². The quantitative estimate of drug-likeness (QED) is 0.744. The minimum atomic E-state index is -0.139. The van der Waals surface area contributed by atoms with Crippen LogP contribution in [0.1, 0.15) is 36.0 Å². The zero-order valence-corrected chi connectivity index (χ0v) is 15.2. The first-order valence-corrected chi connectivity index (χ1v) is 9.42. The predicted molar refractivity (Wildman–Crippen MR) is 103 cm³/mol. The third-order valence-corrected chi connectivity index (χ3v) is 4.85. The number of carbonyl (C=O) groups excluding carboxylic acids is 1. The Kier molecular flexibility index (Phi) is 5.22. The summed E-state index contributed by atoms with van der Waals surface area (Å²) in [6.45, 7) is 3.07. The van der Waals surface area contributed by atoms with Crippen molar-refractivity contribution in [2.75, 3.05) is 24.5 Å². The fourth-order valence-corrected chi connectivity index (χ4v) is 3.45. The molecular weight excluding hydrogens is 342 g/mol. The van der Waals surface area contributed by atoms with Gasteiger partial charge in [0.05, 0.1) is 23.7 Å². The van der Waals surface area contributed by atoms with Crippen molar-refractivity contribution >= 4 is 22.8 Å². The Balaban J connectivity index is 1.45. The molecule has 0 spiro atoms. The minimum Gasteiger partial charge on any atom is -0.356 e. The van der Waals surface area contributed by atoms with Gasteiger partial charge in [-0.15, -0.1) is 0 Å². The maximum Gasteiger partial charge on any atom is 0.252 e. The molecule has 0 unspecified atom stereocenters. The van der Waals surface area contributed by atoms with Crippen LogP contribution >= 0.6 is 0 Å². The van der Waals surface area contributed by atoms with Crippen LogP contribution in [-0.2, 0) is 6.54 Å². The molecule has 1 N–H and O–H groups in total. The highest BCUT2D eigenvalue weighted by Gasteiger charge is 2.17. The summed E-state index contributed by atoms with van der Waals surface area (Å²) in [5, 5.41) is 8.33. The van der Waals surface area contributed by atoms with Gasteiger partial charge in [-0.05, 0) is 25.0 Å². The molecule has 0 radical (unpaired) electrons. The second-order valence-electron chi connectivity index (χ2n) is 6.70. The molecule has 1 aliphatic rings. The van der Waals surface area contributed by atoms with Crippen molar-refractivity contribution in [3.05, 3.63) is 42.6 Å². The molecule has 8 heteroatoms. The van der Waals surface area contributed by atoms with Gasteiger partial charge in [-0.25, -0.2) is 14.6 Å². The summed E-state index contributed by atoms with van der Waals surface area (Å²) < 4.78 is 1.82. The van der Waals surface area contributed by atoms with Gasteiger partial charge in [0, 0.05) is 32.0 Å². The lowest BCUT2D eigenvalue weighted by Crippen LogP contribution is -2.27. The Labute approximate surface area is 157 Å². The first-order valence-electron chi connectivity index (χ1n) is 9.42. The van der Waals surface area contributed by atoms with Gasteiger partial charge in [-0.1, -0.05) is 12.8 Å². The fourth-order valence-electron chi connectivity index (χ4n) is 3.45. The number of aromatic nitrogens is 5. The van der Waals surface area contributed by atoms with Gasteiger partial charge >= 0.3 is 0 Å². The highest BCUT2D eigenvalue weighted by atomic mass is 16.1. The minimum absolute atomic E-state index is 0.139. The lowest BCUT2D eigenvalue weighted by molar-refractivity contribution is 0.0951. The number of hydrogen-bond donors (Lipinski definition) is 1. The van der Waals surface area contributed by atoms with Crippen LogP contribution in [0.15, 0.2) is 37.1 Å². The molecule has 1 fully saturated rings. The Morgan fingerprint density at radius 3 is 2.74 bits per heavy atom. The predicted octanol–water partition coefficient (Wildman–Crippen LogP) is 2.03. The van der Waals surface area contributed by atoms with Crippen LogP contribution in [0.3, 0.4) is 0 Å². The average molecular weight is 365 g/mol. The fraction of sp³-hybridized carbons (Fsp3) is 0.421. The van der Waals surface area contributed by atoms with E-state index >= 15 is 0 Å². The Morgan fingerprint density at radius 1 is 1.11 bits per heavy atom. The van der Waals surface area contributed by atoms with Crippen molar-refractivity contribution in [3.63, 3.8) is 0 Å². The van der Waals surface area contributed by atoms with E-state index in [9.17, 15) is 4.79 Å². The topological polar surface area (TPSA) is 88.8 Å². The molecule has 0 aliphatic carbocycles.